The first-order valence-corrected chi connectivity index (χ1v) is 7.56. The minimum absolute atomic E-state index is 0.0150. The number of aryl methyl sites for hydroxylation is 1. The van der Waals surface area contributed by atoms with E-state index in [-0.39, 0.29) is 11.3 Å². The molecule has 20 heavy (non-hydrogen) atoms. The number of rotatable bonds is 6. The Kier molecular flexibility index (Phi) is 5.25. The van der Waals surface area contributed by atoms with Gasteiger partial charge in [-0.15, -0.1) is 0 Å². The van der Waals surface area contributed by atoms with E-state index < -0.39 is 22.0 Å². The first kappa shape index (κ1) is 16.1. The van der Waals surface area contributed by atoms with Crippen molar-refractivity contribution in [3.63, 3.8) is 0 Å². The second-order valence-corrected chi connectivity index (χ2v) is 6.08. The molecule has 108 valence electrons. The van der Waals surface area contributed by atoms with Crippen molar-refractivity contribution in [2.45, 2.75) is 37.6 Å². The Morgan fingerprint density at radius 1 is 1.50 bits per heavy atom. The molecule has 0 unspecified atom stereocenters. The third-order valence-corrected chi connectivity index (χ3v) is 4.40. The molecule has 2 N–H and O–H groups in total. The van der Waals surface area contributed by atoms with Crippen molar-refractivity contribution in [3.8, 4) is 6.07 Å². The molecule has 0 bridgehead atoms. The van der Waals surface area contributed by atoms with Crippen LogP contribution in [-0.4, -0.2) is 25.5 Å². The third-order valence-electron chi connectivity index (χ3n) is 2.77. The highest BCUT2D eigenvalue weighted by Gasteiger charge is 2.25. The van der Waals surface area contributed by atoms with Crippen LogP contribution in [0.3, 0.4) is 0 Å². The average molecular weight is 296 g/mol. The van der Waals surface area contributed by atoms with Gasteiger partial charge in [-0.25, -0.2) is 8.42 Å². The van der Waals surface area contributed by atoms with Gasteiger partial charge < -0.3 is 5.11 Å². The summed E-state index contributed by atoms with van der Waals surface area (Å²) in [4.78, 5) is 11.0. The standard InChI is InChI=1S/C13H16N2O4S/c1-3-4-11(13(16)17)15-20(18,19)12-6-5-10(8-14)7-9(12)2/h5-7,11,15H,3-4H2,1-2H3,(H,16,17)/t11-/m1/s1. The van der Waals surface area contributed by atoms with E-state index in [2.05, 4.69) is 4.72 Å². The van der Waals surface area contributed by atoms with Gasteiger partial charge in [-0.05, 0) is 37.1 Å². The fourth-order valence-corrected chi connectivity index (χ4v) is 3.24. The quantitative estimate of drug-likeness (QED) is 0.825. The molecule has 0 radical (unpaired) electrons. The van der Waals surface area contributed by atoms with Crippen LogP contribution in [-0.2, 0) is 14.8 Å². The number of benzene rings is 1. The number of hydrogen-bond acceptors (Lipinski definition) is 4. The summed E-state index contributed by atoms with van der Waals surface area (Å²) in [5.74, 6) is -1.21. The van der Waals surface area contributed by atoms with Crippen LogP contribution >= 0.6 is 0 Å². The SMILES string of the molecule is CCC[C@@H](NS(=O)(=O)c1ccc(C#N)cc1C)C(=O)O. The predicted molar refractivity (Wildman–Crippen MR) is 72.5 cm³/mol. The summed E-state index contributed by atoms with van der Waals surface area (Å²) in [5.41, 5.74) is 0.752. The van der Waals surface area contributed by atoms with Crippen LogP contribution in [0.4, 0.5) is 0 Å². The Hall–Kier alpha value is -1.91. The molecular formula is C13H16N2O4S. The Balaban J connectivity index is 3.11. The Labute approximate surface area is 118 Å². The molecule has 0 fully saturated rings. The van der Waals surface area contributed by atoms with E-state index >= 15 is 0 Å². The van der Waals surface area contributed by atoms with E-state index in [1.807, 2.05) is 6.07 Å². The Morgan fingerprint density at radius 3 is 2.60 bits per heavy atom. The summed E-state index contributed by atoms with van der Waals surface area (Å²) in [6, 6.07) is 4.90. The average Bonchev–Trinajstić information content (AvgIpc) is 2.37. The molecule has 1 aromatic rings. The van der Waals surface area contributed by atoms with Gasteiger partial charge in [0.05, 0.1) is 16.5 Å². The van der Waals surface area contributed by atoms with Gasteiger partial charge in [0.25, 0.3) is 0 Å². The van der Waals surface area contributed by atoms with Crippen LogP contribution in [0, 0.1) is 18.3 Å². The van der Waals surface area contributed by atoms with Gasteiger partial charge in [0.1, 0.15) is 6.04 Å². The minimum Gasteiger partial charge on any atom is -0.480 e. The molecule has 1 aromatic carbocycles. The normalized spacial score (nSPS) is 12.7. The molecule has 0 saturated carbocycles. The lowest BCUT2D eigenvalue weighted by atomic mass is 10.2. The maximum Gasteiger partial charge on any atom is 0.321 e. The first-order chi connectivity index (χ1) is 9.31. The summed E-state index contributed by atoms with van der Waals surface area (Å²) in [6.07, 6.45) is 0.760. The lowest BCUT2D eigenvalue weighted by Gasteiger charge is -2.15. The lowest BCUT2D eigenvalue weighted by Crippen LogP contribution is -2.40. The topological polar surface area (TPSA) is 107 Å². The largest absolute Gasteiger partial charge is 0.480 e. The summed E-state index contributed by atoms with van der Waals surface area (Å²) in [7, 11) is -3.92. The van der Waals surface area contributed by atoms with Crippen LogP contribution in [0.5, 0.6) is 0 Å². The Morgan fingerprint density at radius 2 is 2.15 bits per heavy atom. The lowest BCUT2D eigenvalue weighted by molar-refractivity contribution is -0.139. The second kappa shape index (κ2) is 6.50. The maximum atomic E-state index is 12.2. The number of nitrogens with one attached hydrogen (secondary N) is 1. The zero-order valence-electron chi connectivity index (χ0n) is 11.3. The number of aliphatic carboxylic acids is 1. The number of sulfonamides is 1. The third kappa shape index (κ3) is 3.79. The van der Waals surface area contributed by atoms with E-state index in [1.165, 1.54) is 18.2 Å². The molecule has 0 spiro atoms. The van der Waals surface area contributed by atoms with Crippen molar-refractivity contribution in [3.05, 3.63) is 29.3 Å². The molecule has 0 heterocycles. The van der Waals surface area contributed by atoms with Crippen LogP contribution in [0.2, 0.25) is 0 Å². The molecule has 0 saturated heterocycles. The van der Waals surface area contributed by atoms with Crippen molar-refractivity contribution in [2.75, 3.05) is 0 Å². The molecule has 0 aliphatic rings. The van der Waals surface area contributed by atoms with Gasteiger partial charge in [0, 0.05) is 0 Å². The number of nitriles is 1. The summed E-state index contributed by atoms with van der Waals surface area (Å²) in [6.45, 7) is 3.34. The fourth-order valence-electron chi connectivity index (χ4n) is 1.79. The molecule has 0 aliphatic heterocycles. The molecule has 0 amide bonds. The maximum absolute atomic E-state index is 12.2. The van der Waals surface area contributed by atoms with Crippen molar-refractivity contribution < 1.29 is 18.3 Å². The Bertz CT molecular complexity index is 647. The van der Waals surface area contributed by atoms with E-state index in [1.54, 1.807) is 13.8 Å². The second-order valence-electron chi connectivity index (χ2n) is 4.39. The number of nitrogens with zero attached hydrogens (tertiary/aromatic N) is 1. The summed E-state index contributed by atoms with van der Waals surface area (Å²) in [5, 5.41) is 17.7. The van der Waals surface area contributed by atoms with Gasteiger partial charge >= 0.3 is 5.97 Å². The van der Waals surface area contributed by atoms with Crippen molar-refractivity contribution in [1.82, 2.24) is 4.72 Å². The van der Waals surface area contributed by atoms with E-state index in [9.17, 15) is 13.2 Å². The monoisotopic (exact) mass is 296 g/mol. The summed E-state index contributed by atoms with van der Waals surface area (Å²) < 4.78 is 26.5. The zero-order valence-corrected chi connectivity index (χ0v) is 12.1. The van der Waals surface area contributed by atoms with Gasteiger partial charge in [-0.2, -0.15) is 9.98 Å². The fraction of sp³-hybridized carbons (Fsp3) is 0.385. The van der Waals surface area contributed by atoms with Gasteiger partial charge in [0.2, 0.25) is 10.0 Å². The van der Waals surface area contributed by atoms with Crippen LogP contribution in [0.25, 0.3) is 0 Å². The van der Waals surface area contributed by atoms with Crippen LogP contribution in [0.15, 0.2) is 23.1 Å². The molecular weight excluding hydrogens is 280 g/mol. The molecule has 1 rings (SSSR count). The smallest absolute Gasteiger partial charge is 0.321 e. The van der Waals surface area contributed by atoms with Gasteiger partial charge in [-0.1, -0.05) is 13.3 Å². The number of carboxylic acid groups (broad SMARTS) is 1. The summed E-state index contributed by atoms with van der Waals surface area (Å²) >= 11 is 0. The molecule has 0 aliphatic carbocycles. The molecule has 7 heteroatoms. The first-order valence-electron chi connectivity index (χ1n) is 6.07. The molecule has 0 aromatic heterocycles. The highest BCUT2D eigenvalue weighted by molar-refractivity contribution is 7.89. The van der Waals surface area contributed by atoms with Crippen molar-refractivity contribution in [2.24, 2.45) is 0 Å². The number of carboxylic acids is 1. The van der Waals surface area contributed by atoms with E-state index in [4.69, 9.17) is 10.4 Å². The van der Waals surface area contributed by atoms with Crippen molar-refractivity contribution >= 4 is 16.0 Å². The molecule has 1 atom stereocenters. The highest BCUT2D eigenvalue weighted by atomic mass is 32.2. The molecule has 6 nitrogen and oxygen atoms in total. The van der Waals surface area contributed by atoms with Crippen LogP contribution in [0.1, 0.15) is 30.9 Å². The van der Waals surface area contributed by atoms with Gasteiger partial charge in [-0.3, -0.25) is 4.79 Å². The van der Waals surface area contributed by atoms with E-state index in [0.717, 1.165) is 0 Å². The van der Waals surface area contributed by atoms with Crippen molar-refractivity contribution in [1.29, 1.82) is 5.26 Å². The zero-order chi connectivity index (χ0) is 15.3. The van der Waals surface area contributed by atoms with E-state index in [0.29, 0.717) is 17.5 Å². The number of carbonyl (C=O) groups is 1. The number of hydrogen-bond donors (Lipinski definition) is 2. The minimum atomic E-state index is -3.92. The van der Waals surface area contributed by atoms with Crippen LogP contribution < -0.4 is 4.72 Å². The van der Waals surface area contributed by atoms with Gasteiger partial charge in [0.15, 0.2) is 0 Å². The predicted octanol–water partition coefficient (Wildman–Crippen LogP) is 1.40. The highest BCUT2D eigenvalue weighted by Crippen LogP contribution is 2.17.